The predicted octanol–water partition coefficient (Wildman–Crippen LogP) is 3.58. The maximum absolute atomic E-state index is 12.4. The minimum absolute atomic E-state index is 0.111. The molecule has 4 rings (SSSR count). The molecule has 2 aromatic heterocycles. The van der Waals surface area contributed by atoms with E-state index in [0.29, 0.717) is 21.2 Å². The van der Waals surface area contributed by atoms with Crippen molar-refractivity contribution in [1.82, 2.24) is 4.98 Å². The Hall–Kier alpha value is -2.57. The molecule has 0 bridgehead atoms. The van der Waals surface area contributed by atoms with Crippen molar-refractivity contribution in [1.29, 1.82) is 0 Å². The zero-order valence-electron chi connectivity index (χ0n) is 15.5. The smallest absolute Gasteiger partial charge is 0.266 e. The second-order valence-corrected chi connectivity index (χ2v) is 7.94. The lowest BCUT2D eigenvalue weighted by atomic mass is 9.87. The standard InChI is InChI=1S/C22H21BN2O2S/c23-16-12-17(26)18(14-7-5-13(6-8-14)4-2-1-3-10-24)19-15-9-11-28-21(15)22(27)25-20(16)19/h5-9,11-12,26H,1-4,10,24H2,(H,25,27). The molecule has 4 aromatic rings. The summed E-state index contributed by atoms with van der Waals surface area (Å²) in [5.74, 6) is 0.111. The number of hydrogen-bond donors (Lipinski definition) is 3. The molecule has 0 saturated carbocycles. The first kappa shape index (κ1) is 18.8. The van der Waals surface area contributed by atoms with E-state index >= 15 is 0 Å². The van der Waals surface area contributed by atoms with Gasteiger partial charge in [0.05, 0.1) is 0 Å². The summed E-state index contributed by atoms with van der Waals surface area (Å²) in [5, 5.41) is 14.2. The highest BCUT2D eigenvalue weighted by Gasteiger charge is 2.17. The van der Waals surface area contributed by atoms with Gasteiger partial charge in [0.1, 0.15) is 18.3 Å². The molecule has 0 aliphatic carbocycles. The third-order valence-corrected chi connectivity index (χ3v) is 6.04. The molecule has 2 radical (unpaired) electrons. The fourth-order valence-corrected chi connectivity index (χ4v) is 4.52. The molecule has 0 aliphatic rings. The van der Waals surface area contributed by atoms with Crippen molar-refractivity contribution >= 4 is 45.6 Å². The van der Waals surface area contributed by atoms with E-state index in [9.17, 15) is 9.90 Å². The summed E-state index contributed by atoms with van der Waals surface area (Å²) >= 11 is 1.38. The van der Waals surface area contributed by atoms with Crippen molar-refractivity contribution in [3.8, 4) is 16.9 Å². The van der Waals surface area contributed by atoms with Crippen molar-refractivity contribution in [3.63, 3.8) is 0 Å². The summed E-state index contributed by atoms with van der Waals surface area (Å²) in [7, 11) is 6.10. The van der Waals surface area contributed by atoms with Crippen LogP contribution < -0.4 is 16.8 Å². The number of phenolic OH excluding ortho intramolecular Hbond substituents is 1. The quantitative estimate of drug-likeness (QED) is 0.349. The molecule has 28 heavy (non-hydrogen) atoms. The SMILES string of the molecule is [B]c1cc(O)c(-c2ccc(CCCCCN)cc2)c2c1[nH]c(=O)c1sccc12. The highest BCUT2D eigenvalue weighted by Crippen LogP contribution is 2.38. The average Bonchev–Trinajstić information content (AvgIpc) is 3.18. The van der Waals surface area contributed by atoms with Gasteiger partial charge in [-0.1, -0.05) is 36.1 Å². The number of phenols is 1. The van der Waals surface area contributed by atoms with E-state index in [1.807, 2.05) is 23.6 Å². The maximum Gasteiger partial charge on any atom is 0.266 e. The minimum Gasteiger partial charge on any atom is -0.507 e. The lowest BCUT2D eigenvalue weighted by Gasteiger charge is -2.14. The van der Waals surface area contributed by atoms with Crippen LogP contribution in [0.3, 0.4) is 0 Å². The van der Waals surface area contributed by atoms with E-state index < -0.39 is 0 Å². The molecule has 0 fully saturated rings. The maximum atomic E-state index is 12.4. The van der Waals surface area contributed by atoms with Crippen molar-refractivity contribution in [2.45, 2.75) is 25.7 Å². The average molecular weight is 388 g/mol. The number of unbranched alkanes of at least 4 members (excludes halogenated alkanes) is 2. The number of H-pyrrole nitrogens is 1. The Morgan fingerprint density at radius 1 is 1.11 bits per heavy atom. The Kier molecular flexibility index (Phi) is 5.24. The zero-order chi connectivity index (χ0) is 19.7. The molecule has 140 valence electrons. The number of aromatic hydroxyl groups is 1. The van der Waals surface area contributed by atoms with Crippen molar-refractivity contribution in [3.05, 3.63) is 57.7 Å². The Morgan fingerprint density at radius 2 is 1.89 bits per heavy atom. The van der Waals surface area contributed by atoms with Crippen LogP contribution in [0.5, 0.6) is 5.75 Å². The Bertz CT molecular complexity index is 1200. The van der Waals surface area contributed by atoms with Crippen molar-refractivity contribution in [2.75, 3.05) is 6.54 Å². The number of benzene rings is 2. The molecular weight excluding hydrogens is 367 g/mol. The molecule has 6 heteroatoms. The number of thiophene rings is 1. The summed E-state index contributed by atoms with van der Waals surface area (Å²) in [6, 6.07) is 11.6. The number of aryl methyl sites for hydroxylation is 1. The fraction of sp³-hybridized carbons (Fsp3) is 0.227. The molecule has 0 aliphatic heterocycles. The van der Waals surface area contributed by atoms with E-state index in [1.54, 1.807) is 0 Å². The van der Waals surface area contributed by atoms with Crippen LogP contribution >= 0.6 is 11.3 Å². The zero-order valence-corrected chi connectivity index (χ0v) is 16.3. The van der Waals surface area contributed by atoms with Crippen LogP contribution in [0.15, 0.2) is 46.6 Å². The molecule has 2 heterocycles. The second-order valence-electron chi connectivity index (χ2n) is 7.02. The second kappa shape index (κ2) is 7.82. The number of hydrogen-bond acceptors (Lipinski definition) is 4. The first-order chi connectivity index (χ1) is 13.6. The van der Waals surface area contributed by atoms with Crippen LogP contribution in [-0.4, -0.2) is 24.5 Å². The molecule has 0 spiro atoms. The highest BCUT2D eigenvalue weighted by atomic mass is 32.1. The number of fused-ring (bicyclic) bond motifs is 3. The molecule has 4 N–H and O–H groups in total. The van der Waals surface area contributed by atoms with Gasteiger partial charge < -0.3 is 15.8 Å². The van der Waals surface area contributed by atoms with Gasteiger partial charge >= 0.3 is 0 Å². The number of aromatic amines is 1. The van der Waals surface area contributed by atoms with Crippen LogP contribution in [0.1, 0.15) is 24.8 Å². The van der Waals surface area contributed by atoms with Crippen LogP contribution in [0, 0.1) is 0 Å². The van der Waals surface area contributed by atoms with Gasteiger partial charge in [0.25, 0.3) is 5.56 Å². The summed E-state index contributed by atoms with van der Waals surface area (Å²) in [6.07, 6.45) is 4.31. The van der Waals surface area contributed by atoms with Gasteiger partial charge in [-0.25, -0.2) is 0 Å². The van der Waals surface area contributed by atoms with E-state index in [4.69, 9.17) is 13.6 Å². The van der Waals surface area contributed by atoms with Gasteiger partial charge in [0.2, 0.25) is 0 Å². The predicted molar refractivity (Wildman–Crippen MR) is 119 cm³/mol. The van der Waals surface area contributed by atoms with Gasteiger partial charge in [0, 0.05) is 21.9 Å². The summed E-state index contributed by atoms with van der Waals surface area (Å²) in [6.45, 7) is 0.738. The Balaban J connectivity index is 1.82. The van der Waals surface area contributed by atoms with Gasteiger partial charge in [-0.15, -0.1) is 11.3 Å². The Morgan fingerprint density at radius 3 is 2.64 bits per heavy atom. The van der Waals surface area contributed by atoms with Gasteiger partial charge in [0.15, 0.2) is 0 Å². The molecule has 4 nitrogen and oxygen atoms in total. The summed E-state index contributed by atoms with van der Waals surface area (Å²) in [4.78, 5) is 15.2. The van der Waals surface area contributed by atoms with Crippen LogP contribution in [0.25, 0.3) is 32.1 Å². The van der Waals surface area contributed by atoms with Gasteiger partial charge in [-0.05, 0) is 54.4 Å². The first-order valence-corrected chi connectivity index (χ1v) is 10.3. The Labute approximate surface area is 168 Å². The van der Waals surface area contributed by atoms with E-state index in [0.717, 1.165) is 48.6 Å². The molecule has 0 amide bonds. The van der Waals surface area contributed by atoms with Gasteiger partial charge in [-0.3, -0.25) is 4.79 Å². The van der Waals surface area contributed by atoms with Gasteiger partial charge in [-0.2, -0.15) is 0 Å². The fourth-order valence-electron chi connectivity index (χ4n) is 3.73. The molecular formula is C22H21BN2O2S. The number of rotatable bonds is 6. The first-order valence-electron chi connectivity index (χ1n) is 9.44. The third-order valence-electron chi connectivity index (χ3n) is 5.13. The number of nitrogens with two attached hydrogens (primary N) is 1. The molecule has 2 aromatic carbocycles. The van der Waals surface area contributed by atoms with E-state index in [-0.39, 0.29) is 11.3 Å². The number of pyridine rings is 1. The lowest BCUT2D eigenvalue weighted by molar-refractivity contribution is 0.478. The van der Waals surface area contributed by atoms with Crippen LogP contribution in [-0.2, 0) is 6.42 Å². The largest absolute Gasteiger partial charge is 0.507 e. The third kappa shape index (κ3) is 3.34. The number of aromatic nitrogens is 1. The summed E-state index contributed by atoms with van der Waals surface area (Å²) < 4.78 is 0.635. The lowest BCUT2D eigenvalue weighted by Crippen LogP contribution is -2.13. The molecule has 0 unspecified atom stereocenters. The normalized spacial score (nSPS) is 11.5. The topological polar surface area (TPSA) is 79.1 Å². The van der Waals surface area contributed by atoms with Crippen LogP contribution in [0.4, 0.5) is 0 Å². The monoisotopic (exact) mass is 388 g/mol. The van der Waals surface area contributed by atoms with Crippen molar-refractivity contribution in [2.24, 2.45) is 5.73 Å². The van der Waals surface area contributed by atoms with E-state index in [1.165, 1.54) is 23.0 Å². The minimum atomic E-state index is -0.159. The number of nitrogens with one attached hydrogen (secondary N) is 1. The van der Waals surface area contributed by atoms with E-state index in [2.05, 4.69) is 17.1 Å². The van der Waals surface area contributed by atoms with Crippen molar-refractivity contribution < 1.29 is 5.11 Å². The molecule has 0 atom stereocenters. The van der Waals surface area contributed by atoms with Crippen LogP contribution in [0.2, 0.25) is 0 Å². The highest BCUT2D eigenvalue weighted by molar-refractivity contribution is 7.17. The summed E-state index contributed by atoms with van der Waals surface area (Å²) in [5.41, 5.74) is 9.16. The molecule has 0 saturated heterocycles.